The van der Waals surface area contributed by atoms with Gasteiger partial charge in [0, 0.05) is 45.1 Å². The smallest absolute Gasteiger partial charge is 0.244 e. The minimum Gasteiger partial charge on any atom is -0.367 e. The Morgan fingerprint density at radius 1 is 1.13 bits per heavy atom. The summed E-state index contributed by atoms with van der Waals surface area (Å²) in [7, 11) is 0. The molecule has 0 unspecified atom stereocenters. The number of rotatable bonds is 4. The number of piperazine rings is 1. The maximum absolute atomic E-state index is 13.4. The average Bonchev–Trinajstić information content (AvgIpc) is 2.75. The van der Waals surface area contributed by atoms with Crippen molar-refractivity contribution in [3.05, 3.63) is 35.9 Å². The molecule has 4 rings (SSSR count). The monoisotopic (exact) mass is 427 g/mol. The van der Waals surface area contributed by atoms with E-state index in [0.29, 0.717) is 44.4 Å². The standard InChI is InChI=1S/C23H30FN5O2/c1-23(2)7-5-17(6-8-23)20-3-4-21(30)29(26-20)16-22(31)28-11-9-27(10-12-28)19-13-18(24)14-25-15-19/h5,13-15H,3-4,6-12,16H2,1-2H3. The maximum atomic E-state index is 13.4. The molecule has 3 aliphatic rings. The molecule has 0 spiro atoms. The Morgan fingerprint density at radius 3 is 2.58 bits per heavy atom. The van der Waals surface area contributed by atoms with Crippen molar-refractivity contribution in [3.8, 4) is 0 Å². The van der Waals surface area contributed by atoms with Gasteiger partial charge in [0.1, 0.15) is 12.4 Å². The minimum atomic E-state index is -0.370. The van der Waals surface area contributed by atoms with E-state index < -0.39 is 0 Å². The predicted octanol–water partition coefficient (Wildman–Crippen LogP) is 2.98. The molecule has 0 radical (unpaired) electrons. The Kier molecular flexibility index (Phi) is 6.07. The number of aromatic nitrogens is 1. The summed E-state index contributed by atoms with van der Waals surface area (Å²) in [5.74, 6) is -0.572. The van der Waals surface area contributed by atoms with E-state index >= 15 is 0 Å². The molecule has 1 aromatic rings. The van der Waals surface area contributed by atoms with Crippen LogP contribution >= 0.6 is 0 Å². The van der Waals surface area contributed by atoms with Gasteiger partial charge in [-0.3, -0.25) is 14.6 Å². The van der Waals surface area contributed by atoms with Gasteiger partial charge in [0.15, 0.2) is 0 Å². The first-order valence-electron chi connectivity index (χ1n) is 11.0. The number of anilines is 1. The van der Waals surface area contributed by atoms with Crippen molar-refractivity contribution in [2.75, 3.05) is 37.6 Å². The van der Waals surface area contributed by atoms with E-state index in [1.165, 1.54) is 22.8 Å². The summed E-state index contributed by atoms with van der Waals surface area (Å²) < 4.78 is 13.4. The highest BCUT2D eigenvalue weighted by Crippen LogP contribution is 2.35. The number of carbonyl (C=O) groups is 2. The lowest BCUT2D eigenvalue weighted by Crippen LogP contribution is -2.51. The Hall–Kier alpha value is -2.77. The highest BCUT2D eigenvalue weighted by molar-refractivity contribution is 6.04. The summed E-state index contributed by atoms with van der Waals surface area (Å²) >= 11 is 0. The number of hydrogen-bond donors (Lipinski definition) is 0. The Bertz CT molecular complexity index is 918. The second-order valence-electron chi connectivity index (χ2n) is 9.32. The molecule has 31 heavy (non-hydrogen) atoms. The molecule has 1 aliphatic carbocycles. The molecule has 0 bridgehead atoms. The first-order chi connectivity index (χ1) is 14.8. The van der Waals surface area contributed by atoms with Gasteiger partial charge in [0.05, 0.1) is 23.8 Å². The molecule has 0 saturated carbocycles. The van der Waals surface area contributed by atoms with Gasteiger partial charge >= 0.3 is 0 Å². The molecule has 3 heterocycles. The third kappa shape index (κ3) is 5.11. The molecule has 1 aromatic heterocycles. The number of hydrazone groups is 1. The van der Waals surface area contributed by atoms with Gasteiger partial charge < -0.3 is 9.80 Å². The van der Waals surface area contributed by atoms with Gasteiger partial charge in [0.2, 0.25) is 11.8 Å². The van der Waals surface area contributed by atoms with Crippen LogP contribution in [0.15, 0.2) is 35.2 Å². The van der Waals surface area contributed by atoms with Gasteiger partial charge in [-0.1, -0.05) is 19.9 Å². The van der Waals surface area contributed by atoms with E-state index in [1.54, 1.807) is 11.1 Å². The number of nitrogens with zero attached hydrogens (tertiary/aromatic N) is 5. The van der Waals surface area contributed by atoms with Crippen molar-refractivity contribution in [1.29, 1.82) is 0 Å². The van der Waals surface area contributed by atoms with E-state index in [-0.39, 0.29) is 24.2 Å². The molecule has 166 valence electrons. The van der Waals surface area contributed by atoms with Crippen molar-refractivity contribution in [1.82, 2.24) is 14.9 Å². The third-order valence-corrected chi connectivity index (χ3v) is 6.42. The summed E-state index contributed by atoms with van der Waals surface area (Å²) in [5, 5.41) is 5.92. The van der Waals surface area contributed by atoms with Crippen LogP contribution in [0.3, 0.4) is 0 Å². The van der Waals surface area contributed by atoms with Crippen molar-refractivity contribution in [2.24, 2.45) is 10.5 Å². The summed E-state index contributed by atoms with van der Waals surface area (Å²) in [6, 6.07) is 1.45. The number of halogens is 1. The Balaban J connectivity index is 1.35. The van der Waals surface area contributed by atoms with Crippen LogP contribution in [0.2, 0.25) is 0 Å². The maximum Gasteiger partial charge on any atom is 0.244 e. The van der Waals surface area contributed by atoms with Crippen LogP contribution in [0.25, 0.3) is 0 Å². The molecule has 0 atom stereocenters. The molecule has 7 nitrogen and oxygen atoms in total. The van der Waals surface area contributed by atoms with E-state index in [0.717, 1.165) is 30.7 Å². The molecular formula is C23H30FN5O2. The summed E-state index contributed by atoms with van der Waals surface area (Å²) in [6.45, 7) is 6.75. The van der Waals surface area contributed by atoms with Crippen LogP contribution in [0.5, 0.6) is 0 Å². The van der Waals surface area contributed by atoms with Gasteiger partial charge in [-0.25, -0.2) is 9.40 Å². The largest absolute Gasteiger partial charge is 0.367 e. The second kappa shape index (κ2) is 8.77. The second-order valence-corrected chi connectivity index (χ2v) is 9.32. The molecule has 2 amide bonds. The van der Waals surface area contributed by atoms with E-state index in [4.69, 9.17) is 0 Å². The summed E-state index contributed by atoms with van der Waals surface area (Å²) in [6.07, 6.45) is 9.19. The summed E-state index contributed by atoms with van der Waals surface area (Å²) in [4.78, 5) is 32.9. The van der Waals surface area contributed by atoms with Gasteiger partial charge in [0.25, 0.3) is 0 Å². The van der Waals surface area contributed by atoms with Gasteiger partial charge in [-0.15, -0.1) is 0 Å². The van der Waals surface area contributed by atoms with E-state index in [2.05, 4.69) is 30.0 Å². The van der Waals surface area contributed by atoms with Crippen molar-refractivity contribution in [3.63, 3.8) is 0 Å². The topological polar surface area (TPSA) is 69.1 Å². The highest BCUT2D eigenvalue weighted by atomic mass is 19.1. The lowest BCUT2D eigenvalue weighted by atomic mass is 9.77. The van der Waals surface area contributed by atoms with Crippen LogP contribution in [-0.2, 0) is 9.59 Å². The molecule has 0 aromatic carbocycles. The Labute approximate surface area is 182 Å². The SMILES string of the molecule is CC1(C)CC=C(C2=NN(CC(=O)N3CCN(c4cncc(F)c4)CC3)C(=O)CC2)CC1. The lowest BCUT2D eigenvalue weighted by Gasteiger charge is -2.36. The molecule has 1 fully saturated rings. The number of hydrogen-bond acceptors (Lipinski definition) is 5. The first kappa shape index (κ1) is 21.5. The van der Waals surface area contributed by atoms with Crippen LogP contribution in [0, 0.1) is 11.2 Å². The lowest BCUT2D eigenvalue weighted by molar-refractivity contribution is -0.141. The number of allylic oxidation sites excluding steroid dienone is 2. The minimum absolute atomic E-state index is 0.0252. The van der Waals surface area contributed by atoms with Crippen LogP contribution in [-0.4, -0.2) is 65.1 Å². The molecule has 1 saturated heterocycles. The van der Waals surface area contributed by atoms with Gasteiger partial charge in [-0.2, -0.15) is 5.10 Å². The normalized spacial score (nSPS) is 21.6. The average molecular weight is 428 g/mol. The van der Waals surface area contributed by atoms with Crippen LogP contribution in [0.4, 0.5) is 10.1 Å². The fraction of sp³-hybridized carbons (Fsp3) is 0.565. The van der Waals surface area contributed by atoms with Crippen molar-refractivity contribution in [2.45, 2.75) is 46.0 Å². The fourth-order valence-electron chi connectivity index (χ4n) is 4.31. The third-order valence-electron chi connectivity index (χ3n) is 6.42. The zero-order valence-electron chi connectivity index (χ0n) is 18.3. The fourth-order valence-corrected chi connectivity index (χ4v) is 4.31. The highest BCUT2D eigenvalue weighted by Gasteiger charge is 2.30. The molecule has 8 heteroatoms. The van der Waals surface area contributed by atoms with E-state index in [1.807, 2.05) is 4.90 Å². The van der Waals surface area contributed by atoms with Crippen molar-refractivity contribution >= 4 is 23.2 Å². The number of pyridine rings is 1. The number of amides is 2. The molecular weight excluding hydrogens is 397 g/mol. The first-order valence-corrected chi connectivity index (χ1v) is 11.0. The zero-order valence-corrected chi connectivity index (χ0v) is 18.3. The Morgan fingerprint density at radius 2 is 1.90 bits per heavy atom. The quantitative estimate of drug-likeness (QED) is 0.741. The van der Waals surface area contributed by atoms with Crippen LogP contribution < -0.4 is 4.90 Å². The summed E-state index contributed by atoms with van der Waals surface area (Å²) in [5.41, 5.74) is 3.21. The van der Waals surface area contributed by atoms with Crippen LogP contribution in [0.1, 0.15) is 46.0 Å². The van der Waals surface area contributed by atoms with Gasteiger partial charge in [-0.05, 0) is 30.3 Å². The van der Waals surface area contributed by atoms with E-state index in [9.17, 15) is 14.0 Å². The molecule has 0 N–H and O–H groups in total. The zero-order chi connectivity index (χ0) is 22.0. The predicted molar refractivity (Wildman–Crippen MR) is 117 cm³/mol. The van der Waals surface area contributed by atoms with Crippen molar-refractivity contribution < 1.29 is 14.0 Å². The number of carbonyl (C=O) groups excluding carboxylic acids is 2. The molecule has 2 aliphatic heterocycles.